The third kappa shape index (κ3) is 1.04. The van der Waals surface area contributed by atoms with Gasteiger partial charge in [-0.3, -0.25) is 0 Å². The van der Waals surface area contributed by atoms with E-state index in [9.17, 15) is 5.11 Å². The quantitative estimate of drug-likeness (QED) is 0.636. The van der Waals surface area contributed by atoms with Gasteiger partial charge < -0.3 is 9.84 Å². The molecule has 0 fully saturated rings. The highest BCUT2D eigenvalue weighted by molar-refractivity contribution is 5.36. The Morgan fingerprint density at radius 3 is 2.83 bits per heavy atom. The average molecular weight is 164 g/mol. The standard InChI is InChI=1S/C10H12O2/c1-6-3-4-8-7(2)12-10(11)9(8)5-6/h3-5,7,10-11H,1-2H3/t7-,10?/m0/s1. The Labute approximate surface area is 71.8 Å². The SMILES string of the molecule is Cc1ccc2c(c1)C(O)O[C@H]2C. The van der Waals surface area contributed by atoms with Crippen LogP contribution in [0.3, 0.4) is 0 Å². The molecular formula is C10H12O2. The summed E-state index contributed by atoms with van der Waals surface area (Å²) >= 11 is 0. The van der Waals surface area contributed by atoms with E-state index in [1.807, 2.05) is 32.0 Å². The number of aliphatic hydroxyl groups excluding tert-OH is 1. The van der Waals surface area contributed by atoms with Gasteiger partial charge in [-0.1, -0.05) is 23.8 Å². The molecule has 0 bridgehead atoms. The third-order valence-electron chi connectivity index (χ3n) is 2.28. The molecule has 1 unspecified atom stereocenters. The molecule has 0 amide bonds. The fraction of sp³-hybridized carbons (Fsp3) is 0.400. The summed E-state index contributed by atoms with van der Waals surface area (Å²) in [6, 6.07) is 6.03. The lowest BCUT2D eigenvalue weighted by molar-refractivity contribution is -0.115. The number of hydrogen-bond donors (Lipinski definition) is 1. The van der Waals surface area contributed by atoms with Gasteiger partial charge in [0.25, 0.3) is 0 Å². The lowest BCUT2D eigenvalue weighted by atomic mass is 10.0. The van der Waals surface area contributed by atoms with Crippen molar-refractivity contribution in [1.82, 2.24) is 0 Å². The maximum absolute atomic E-state index is 9.45. The van der Waals surface area contributed by atoms with Crippen molar-refractivity contribution in [2.45, 2.75) is 26.2 Å². The summed E-state index contributed by atoms with van der Waals surface area (Å²) in [6.07, 6.45) is -0.703. The summed E-state index contributed by atoms with van der Waals surface area (Å²) in [5.41, 5.74) is 3.18. The van der Waals surface area contributed by atoms with E-state index in [0.29, 0.717) is 0 Å². The number of fused-ring (bicyclic) bond motifs is 1. The second kappa shape index (κ2) is 2.57. The average Bonchev–Trinajstić information content (AvgIpc) is 2.28. The molecule has 1 heterocycles. The molecule has 0 aliphatic carbocycles. The van der Waals surface area contributed by atoms with E-state index in [2.05, 4.69) is 0 Å². The first-order valence-corrected chi connectivity index (χ1v) is 4.12. The summed E-state index contributed by atoms with van der Waals surface area (Å²) in [7, 11) is 0. The van der Waals surface area contributed by atoms with Crippen LogP contribution >= 0.6 is 0 Å². The Bertz CT molecular complexity index is 307. The van der Waals surface area contributed by atoms with Crippen molar-refractivity contribution in [2.24, 2.45) is 0 Å². The number of aliphatic hydroxyl groups is 1. The van der Waals surface area contributed by atoms with Crippen LogP contribution in [0.5, 0.6) is 0 Å². The van der Waals surface area contributed by atoms with E-state index < -0.39 is 6.29 Å². The van der Waals surface area contributed by atoms with Crippen molar-refractivity contribution in [2.75, 3.05) is 0 Å². The monoisotopic (exact) mass is 164 g/mol. The van der Waals surface area contributed by atoms with Crippen LogP contribution in [0.15, 0.2) is 18.2 Å². The van der Waals surface area contributed by atoms with Gasteiger partial charge >= 0.3 is 0 Å². The minimum absolute atomic E-state index is 0.0237. The predicted octanol–water partition coefficient (Wildman–Crippen LogP) is 2.08. The molecule has 0 spiro atoms. The van der Waals surface area contributed by atoms with Crippen molar-refractivity contribution in [3.05, 3.63) is 34.9 Å². The highest BCUT2D eigenvalue weighted by Gasteiger charge is 2.26. The van der Waals surface area contributed by atoms with Crippen LogP contribution in [0.25, 0.3) is 0 Å². The first kappa shape index (κ1) is 7.77. The molecule has 2 rings (SSSR count). The second-order valence-corrected chi connectivity index (χ2v) is 3.26. The summed E-state index contributed by atoms with van der Waals surface area (Å²) in [5.74, 6) is 0. The Balaban J connectivity index is 2.53. The number of ether oxygens (including phenoxy) is 1. The molecule has 1 aliphatic heterocycles. The van der Waals surface area contributed by atoms with Gasteiger partial charge in [0, 0.05) is 5.56 Å². The minimum atomic E-state index is -0.727. The number of hydrogen-bond acceptors (Lipinski definition) is 2. The predicted molar refractivity (Wildman–Crippen MR) is 45.6 cm³/mol. The first-order valence-electron chi connectivity index (χ1n) is 4.12. The summed E-state index contributed by atoms with van der Waals surface area (Å²) in [4.78, 5) is 0. The van der Waals surface area contributed by atoms with Gasteiger partial charge in [-0.2, -0.15) is 0 Å². The zero-order valence-corrected chi connectivity index (χ0v) is 7.24. The van der Waals surface area contributed by atoms with E-state index in [4.69, 9.17) is 4.74 Å². The van der Waals surface area contributed by atoms with Crippen molar-refractivity contribution < 1.29 is 9.84 Å². The molecular weight excluding hydrogens is 152 g/mol. The van der Waals surface area contributed by atoms with Crippen LogP contribution in [0.2, 0.25) is 0 Å². The minimum Gasteiger partial charge on any atom is -0.364 e. The number of aryl methyl sites for hydroxylation is 1. The molecule has 1 N–H and O–H groups in total. The molecule has 2 nitrogen and oxygen atoms in total. The van der Waals surface area contributed by atoms with E-state index in [-0.39, 0.29) is 6.10 Å². The van der Waals surface area contributed by atoms with Gasteiger partial charge in [0.05, 0.1) is 6.10 Å². The van der Waals surface area contributed by atoms with E-state index >= 15 is 0 Å². The third-order valence-corrected chi connectivity index (χ3v) is 2.28. The van der Waals surface area contributed by atoms with Gasteiger partial charge in [0.2, 0.25) is 0 Å². The largest absolute Gasteiger partial charge is 0.364 e. The Kier molecular flexibility index (Phi) is 1.67. The van der Waals surface area contributed by atoms with E-state index in [1.165, 1.54) is 0 Å². The van der Waals surface area contributed by atoms with Crippen molar-refractivity contribution in [3.63, 3.8) is 0 Å². The topological polar surface area (TPSA) is 29.5 Å². The highest BCUT2D eigenvalue weighted by Crippen LogP contribution is 2.37. The molecule has 2 heteroatoms. The van der Waals surface area contributed by atoms with Crippen LogP contribution in [-0.4, -0.2) is 5.11 Å². The van der Waals surface area contributed by atoms with E-state index in [1.54, 1.807) is 0 Å². The zero-order chi connectivity index (χ0) is 8.72. The van der Waals surface area contributed by atoms with Gasteiger partial charge in [-0.15, -0.1) is 0 Å². The molecule has 1 aromatic carbocycles. The fourth-order valence-corrected chi connectivity index (χ4v) is 1.62. The Morgan fingerprint density at radius 2 is 2.08 bits per heavy atom. The summed E-state index contributed by atoms with van der Waals surface area (Å²) < 4.78 is 5.24. The van der Waals surface area contributed by atoms with Crippen LogP contribution in [0.4, 0.5) is 0 Å². The molecule has 0 saturated carbocycles. The highest BCUT2D eigenvalue weighted by atomic mass is 16.6. The fourth-order valence-electron chi connectivity index (χ4n) is 1.62. The zero-order valence-electron chi connectivity index (χ0n) is 7.24. The lowest BCUT2D eigenvalue weighted by Gasteiger charge is -2.02. The van der Waals surface area contributed by atoms with Crippen LogP contribution in [-0.2, 0) is 4.74 Å². The molecule has 2 atom stereocenters. The molecule has 0 aromatic heterocycles. The molecule has 1 aromatic rings. The molecule has 12 heavy (non-hydrogen) atoms. The van der Waals surface area contributed by atoms with Gasteiger partial charge in [0.15, 0.2) is 6.29 Å². The normalized spacial score (nSPS) is 27.2. The van der Waals surface area contributed by atoms with E-state index in [0.717, 1.165) is 16.7 Å². The summed E-state index contributed by atoms with van der Waals surface area (Å²) in [5, 5.41) is 9.45. The van der Waals surface area contributed by atoms with Gasteiger partial charge in [-0.25, -0.2) is 0 Å². The van der Waals surface area contributed by atoms with Crippen LogP contribution in [0.1, 0.15) is 36.0 Å². The Morgan fingerprint density at radius 1 is 1.33 bits per heavy atom. The lowest BCUT2D eigenvalue weighted by Crippen LogP contribution is -1.93. The van der Waals surface area contributed by atoms with Crippen molar-refractivity contribution >= 4 is 0 Å². The van der Waals surface area contributed by atoms with Crippen LogP contribution < -0.4 is 0 Å². The molecule has 0 radical (unpaired) electrons. The number of benzene rings is 1. The van der Waals surface area contributed by atoms with Crippen molar-refractivity contribution in [3.8, 4) is 0 Å². The molecule has 1 aliphatic rings. The van der Waals surface area contributed by atoms with Gasteiger partial charge in [0.1, 0.15) is 0 Å². The maximum atomic E-state index is 9.45. The maximum Gasteiger partial charge on any atom is 0.182 e. The Hall–Kier alpha value is -0.860. The summed E-state index contributed by atoms with van der Waals surface area (Å²) in [6.45, 7) is 3.96. The van der Waals surface area contributed by atoms with Gasteiger partial charge in [-0.05, 0) is 19.4 Å². The smallest absolute Gasteiger partial charge is 0.182 e. The second-order valence-electron chi connectivity index (χ2n) is 3.26. The molecule has 0 saturated heterocycles. The van der Waals surface area contributed by atoms with Crippen molar-refractivity contribution in [1.29, 1.82) is 0 Å². The van der Waals surface area contributed by atoms with Crippen LogP contribution in [0, 0.1) is 6.92 Å². The number of rotatable bonds is 0. The molecule has 64 valence electrons. The first-order chi connectivity index (χ1) is 5.68.